The van der Waals surface area contributed by atoms with Crippen molar-refractivity contribution >= 4 is 0 Å². The zero-order chi connectivity index (χ0) is 12.3. The van der Waals surface area contributed by atoms with Gasteiger partial charge in [0.05, 0.1) is 0 Å². The molecule has 92 valence electrons. The first kappa shape index (κ1) is 11.5. The Morgan fingerprint density at radius 1 is 0.778 bits per heavy atom. The molecule has 1 heteroatoms. The lowest BCUT2D eigenvalue weighted by Crippen LogP contribution is -2.30. The van der Waals surface area contributed by atoms with Gasteiger partial charge in [0.15, 0.2) is 0 Å². The van der Waals surface area contributed by atoms with E-state index in [1.807, 2.05) is 6.20 Å². The number of rotatable bonds is 2. The molecular weight excluding hydrogens is 218 g/mol. The van der Waals surface area contributed by atoms with Gasteiger partial charge in [-0.15, -0.1) is 0 Å². The zero-order valence-electron chi connectivity index (χ0n) is 10.7. The molecule has 1 heterocycles. The van der Waals surface area contributed by atoms with E-state index in [9.17, 15) is 0 Å². The third-order valence-corrected chi connectivity index (χ3v) is 4.25. The van der Waals surface area contributed by atoms with Gasteiger partial charge in [-0.3, -0.25) is 4.98 Å². The van der Waals surface area contributed by atoms with E-state index in [0.717, 1.165) is 0 Å². The van der Waals surface area contributed by atoms with Crippen LogP contribution in [0.1, 0.15) is 43.2 Å². The average Bonchev–Trinajstić information content (AvgIpc) is 2.50. The zero-order valence-corrected chi connectivity index (χ0v) is 10.7. The SMILES string of the molecule is c1ccc(C2(c3cccnc3)CCCCC2)cc1. The van der Waals surface area contributed by atoms with Crippen molar-refractivity contribution in [2.24, 2.45) is 0 Å². The minimum atomic E-state index is 0.202. The summed E-state index contributed by atoms with van der Waals surface area (Å²) in [4.78, 5) is 4.33. The van der Waals surface area contributed by atoms with Crippen LogP contribution in [0.2, 0.25) is 0 Å². The van der Waals surface area contributed by atoms with Gasteiger partial charge >= 0.3 is 0 Å². The average molecular weight is 237 g/mol. The second-order valence-electron chi connectivity index (χ2n) is 5.25. The molecule has 0 spiro atoms. The third kappa shape index (κ3) is 1.94. The molecule has 3 rings (SSSR count). The number of hydrogen-bond donors (Lipinski definition) is 0. The summed E-state index contributed by atoms with van der Waals surface area (Å²) in [6.45, 7) is 0. The highest BCUT2D eigenvalue weighted by molar-refractivity contribution is 5.38. The normalized spacial score (nSPS) is 18.4. The Labute approximate surface area is 109 Å². The van der Waals surface area contributed by atoms with E-state index >= 15 is 0 Å². The van der Waals surface area contributed by atoms with Gasteiger partial charge in [-0.1, -0.05) is 55.7 Å². The molecule has 2 aromatic rings. The van der Waals surface area contributed by atoms with Crippen LogP contribution in [-0.2, 0) is 5.41 Å². The molecule has 18 heavy (non-hydrogen) atoms. The molecule has 0 amide bonds. The molecule has 0 unspecified atom stereocenters. The Balaban J connectivity index is 2.10. The monoisotopic (exact) mass is 237 g/mol. The van der Waals surface area contributed by atoms with Crippen LogP contribution < -0.4 is 0 Å². The minimum Gasteiger partial charge on any atom is -0.264 e. The smallest absolute Gasteiger partial charge is 0.0308 e. The summed E-state index contributed by atoms with van der Waals surface area (Å²) in [7, 11) is 0. The van der Waals surface area contributed by atoms with E-state index in [-0.39, 0.29) is 5.41 Å². The maximum absolute atomic E-state index is 4.33. The Morgan fingerprint density at radius 2 is 1.50 bits per heavy atom. The number of hydrogen-bond acceptors (Lipinski definition) is 1. The largest absolute Gasteiger partial charge is 0.264 e. The third-order valence-electron chi connectivity index (χ3n) is 4.25. The fourth-order valence-corrected chi connectivity index (χ4v) is 3.30. The predicted octanol–water partition coefficient (Wildman–Crippen LogP) is 4.33. The molecule has 0 bridgehead atoms. The molecule has 0 N–H and O–H groups in total. The minimum absolute atomic E-state index is 0.202. The van der Waals surface area contributed by atoms with Crippen LogP contribution in [0.5, 0.6) is 0 Å². The highest BCUT2D eigenvalue weighted by Gasteiger charge is 2.35. The van der Waals surface area contributed by atoms with E-state index in [2.05, 4.69) is 53.6 Å². The molecule has 1 aliphatic rings. The van der Waals surface area contributed by atoms with Gasteiger partial charge in [0.25, 0.3) is 0 Å². The standard InChI is InChI=1S/C17H19N/c1-3-8-15(9-4-1)17(11-5-2-6-12-17)16-10-7-13-18-14-16/h1,3-4,7-10,13-14H,2,5-6,11-12H2. The second-order valence-corrected chi connectivity index (χ2v) is 5.25. The van der Waals surface area contributed by atoms with Crippen LogP contribution in [0.15, 0.2) is 54.9 Å². The lowest BCUT2D eigenvalue weighted by atomic mass is 9.66. The number of nitrogens with zero attached hydrogens (tertiary/aromatic N) is 1. The predicted molar refractivity (Wildman–Crippen MR) is 74.5 cm³/mol. The highest BCUT2D eigenvalue weighted by Crippen LogP contribution is 2.44. The van der Waals surface area contributed by atoms with Crippen LogP contribution >= 0.6 is 0 Å². The molecule has 1 nitrogen and oxygen atoms in total. The number of aromatic nitrogens is 1. The van der Waals surface area contributed by atoms with Gasteiger partial charge in [-0.2, -0.15) is 0 Å². The molecule has 0 aliphatic heterocycles. The topological polar surface area (TPSA) is 12.9 Å². The molecule has 0 atom stereocenters. The lowest BCUT2D eigenvalue weighted by Gasteiger charge is -2.38. The molecule has 1 aliphatic carbocycles. The van der Waals surface area contributed by atoms with Gasteiger partial charge < -0.3 is 0 Å². The van der Waals surface area contributed by atoms with E-state index in [4.69, 9.17) is 0 Å². The van der Waals surface area contributed by atoms with E-state index in [1.54, 1.807) is 0 Å². The molecule has 1 fully saturated rings. The maximum Gasteiger partial charge on any atom is 0.0308 e. The Bertz CT molecular complexity index is 442. The summed E-state index contributed by atoms with van der Waals surface area (Å²) >= 11 is 0. The first-order chi connectivity index (χ1) is 8.92. The van der Waals surface area contributed by atoms with Crippen molar-refractivity contribution < 1.29 is 0 Å². The molecule has 0 saturated heterocycles. The van der Waals surface area contributed by atoms with Crippen molar-refractivity contribution in [3.63, 3.8) is 0 Å². The van der Waals surface area contributed by atoms with Crippen molar-refractivity contribution in [2.75, 3.05) is 0 Å². The van der Waals surface area contributed by atoms with Gasteiger partial charge in [0.1, 0.15) is 0 Å². The van der Waals surface area contributed by atoms with Gasteiger partial charge in [0.2, 0.25) is 0 Å². The fraction of sp³-hybridized carbons (Fsp3) is 0.353. The van der Waals surface area contributed by atoms with Crippen molar-refractivity contribution in [1.29, 1.82) is 0 Å². The summed E-state index contributed by atoms with van der Waals surface area (Å²) in [6.07, 6.45) is 10.4. The quantitative estimate of drug-likeness (QED) is 0.757. The van der Waals surface area contributed by atoms with Gasteiger partial charge in [-0.25, -0.2) is 0 Å². The maximum atomic E-state index is 4.33. The molecule has 1 saturated carbocycles. The lowest BCUT2D eigenvalue weighted by molar-refractivity contribution is 0.345. The first-order valence-corrected chi connectivity index (χ1v) is 6.88. The number of benzene rings is 1. The van der Waals surface area contributed by atoms with Gasteiger partial charge in [-0.05, 0) is 30.0 Å². The Morgan fingerprint density at radius 3 is 2.17 bits per heavy atom. The first-order valence-electron chi connectivity index (χ1n) is 6.88. The van der Waals surface area contributed by atoms with Gasteiger partial charge in [0, 0.05) is 17.8 Å². The molecular formula is C17H19N. The van der Waals surface area contributed by atoms with Crippen molar-refractivity contribution in [3.8, 4) is 0 Å². The van der Waals surface area contributed by atoms with Crippen LogP contribution in [0.4, 0.5) is 0 Å². The summed E-state index contributed by atoms with van der Waals surface area (Å²) in [5.74, 6) is 0. The van der Waals surface area contributed by atoms with Crippen LogP contribution in [-0.4, -0.2) is 4.98 Å². The van der Waals surface area contributed by atoms with Crippen molar-refractivity contribution in [2.45, 2.75) is 37.5 Å². The summed E-state index contributed by atoms with van der Waals surface area (Å²) in [6, 6.07) is 15.3. The van der Waals surface area contributed by atoms with Crippen LogP contribution in [0.25, 0.3) is 0 Å². The van der Waals surface area contributed by atoms with E-state index in [0.29, 0.717) is 0 Å². The second kappa shape index (κ2) is 4.93. The van der Waals surface area contributed by atoms with E-state index < -0.39 is 0 Å². The van der Waals surface area contributed by atoms with E-state index in [1.165, 1.54) is 43.2 Å². The fourth-order valence-electron chi connectivity index (χ4n) is 3.30. The molecule has 1 aromatic carbocycles. The Hall–Kier alpha value is -1.63. The summed E-state index contributed by atoms with van der Waals surface area (Å²) in [5.41, 5.74) is 3.04. The summed E-state index contributed by atoms with van der Waals surface area (Å²) in [5, 5.41) is 0. The van der Waals surface area contributed by atoms with Crippen molar-refractivity contribution in [3.05, 3.63) is 66.0 Å². The Kier molecular flexibility index (Phi) is 3.14. The number of pyridine rings is 1. The van der Waals surface area contributed by atoms with Crippen LogP contribution in [0.3, 0.4) is 0 Å². The van der Waals surface area contributed by atoms with Crippen molar-refractivity contribution in [1.82, 2.24) is 4.98 Å². The highest BCUT2D eigenvalue weighted by atomic mass is 14.6. The van der Waals surface area contributed by atoms with Crippen LogP contribution in [0, 0.1) is 0 Å². The summed E-state index contributed by atoms with van der Waals surface area (Å²) < 4.78 is 0. The molecule has 1 aromatic heterocycles. The molecule has 0 radical (unpaired) electrons.